The molecule has 3 N–H and O–H groups in total. The monoisotopic (exact) mass is 419 g/mol. The Morgan fingerprint density at radius 1 is 0.839 bits per heavy atom. The minimum atomic E-state index is -0.391. The lowest BCUT2D eigenvalue weighted by Gasteiger charge is -2.19. The summed E-state index contributed by atoms with van der Waals surface area (Å²) in [6.07, 6.45) is 1.42. The first kappa shape index (κ1) is 21.8. The average Bonchev–Trinajstić information content (AvgIpc) is 3.27. The van der Waals surface area contributed by atoms with Crippen molar-refractivity contribution in [3.8, 4) is 0 Å². The number of nitrogens with one attached hydrogen (secondary N) is 3. The van der Waals surface area contributed by atoms with Gasteiger partial charge in [-0.25, -0.2) is 0 Å². The molecule has 0 atom stereocenters. The predicted molar refractivity (Wildman–Crippen MR) is 119 cm³/mol. The van der Waals surface area contributed by atoms with Gasteiger partial charge < -0.3 is 20.4 Å². The first-order chi connectivity index (χ1) is 14.7. The van der Waals surface area contributed by atoms with Crippen LogP contribution in [0.2, 0.25) is 0 Å². The van der Waals surface area contributed by atoms with Gasteiger partial charge in [-0.1, -0.05) is 39.0 Å². The molecule has 7 nitrogen and oxygen atoms in total. The number of hydrogen-bond acceptors (Lipinski definition) is 4. The molecule has 0 aliphatic rings. The maximum atomic E-state index is 12.3. The van der Waals surface area contributed by atoms with Crippen LogP contribution in [0.25, 0.3) is 0 Å². The van der Waals surface area contributed by atoms with Gasteiger partial charge in [0.1, 0.15) is 0 Å². The van der Waals surface area contributed by atoms with E-state index in [1.165, 1.54) is 6.26 Å². The molecule has 3 aromatic rings. The molecule has 31 heavy (non-hydrogen) atoms. The number of furan rings is 1. The number of anilines is 2. The number of carbonyl (C=O) groups is 3. The van der Waals surface area contributed by atoms with Gasteiger partial charge in [-0.15, -0.1) is 0 Å². The van der Waals surface area contributed by atoms with Gasteiger partial charge in [0.05, 0.1) is 12.8 Å². The van der Waals surface area contributed by atoms with E-state index < -0.39 is 5.91 Å². The minimum Gasteiger partial charge on any atom is -0.459 e. The van der Waals surface area contributed by atoms with Crippen molar-refractivity contribution < 1.29 is 18.8 Å². The molecule has 1 aromatic heterocycles. The standard InChI is InChI=1S/C24H25N3O4/c1-24(2,3)17-11-9-16(10-12-17)22(29)25-15-21(28)26-18-6-4-7-19(14-18)27-23(30)20-8-5-13-31-20/h4-14H,15H2,1-3H3,(H,25,29)(H,26,28)(H,27,30). The molecule has 160 valence electrons. The lowest BCUT2D eigenvalue weighted by molar-refractivity contribution is -0.115. The van der Waals surface area contributed by atoms with Crippen molar-refractivity contribution >= 4 is 29.1 Å². The van der Waals surface area contributed by atoms with E-state index in [0.717, 1.165) is 5.56 Å². The van der Waals surface area contributed by atoms with Gasteiger partial charge in [0, 0.05) is 16.9 Å². The summed E-state index contributed by atoms with van der Waals surface area (Å²) in [6.45, 7) is 6.13. The van der Waals surface area contributed by atoms with E-state index >= 15 is 0 Å². The largest absolute Gasteiger partial charge is 0.459 e. The van der Waals surface area contributed by atoms with Crippen molar-refractivity contribution in [3.63, 3.8) is 0 Å². The predicted octanol–water partition coefficient (Wildman–Crippen LogP) is 4.20. The second-order valence-electron chi connectivity index (χ2n) is 8.07. The number of carbonyl (C=O) groups excluding carboxylic acids is 3. The summed E-state index contributed by atoms with van der Waals surface area (Å²) in [5.41, 5.74) is 2.61. The van der Waals surface area contributed by atoms with Crippen LogP contribution in [0.5, 0.6) is 0 Å². The van der Waals surface area contributed by atoms with E-state index in [2.05, 4.69) is 36.7 Å². The van der Waals surface area contributed by atoms with Crippen molar-refractivity contribution in [2.24, 2.45) is 0 Å². The second kappa shape index (κ2) is 9.30. The van der Waals surface area contributed by atoms with Gasteiger partial charge in [-0.2, -0.15) is 0 Å². The summed E-state index contributed by atoms with van der Waals surface area (Å²) in [7, 11) is 0. The average molecular weight is 419 g/mol. The molecule has 0 saturated carbocycles. The van der Waals surface area contributed by atoms with E-state index in [4.69, 9.17) is 4.42 Å². The number of hydrogen-bond donors (Lipinski definition) is 3. The highest BCUT2D eigenvalue weighted by Crippen LogP contribution is 2.22. The Hall–Kier alpha value is -3.87. The summed E-state index contributed by atoms with van der Waals surface area (Å²) in [4.78, 5) is 36.6. The zero-order chi connectivity index (χ0) is 22.4. The fourth-order valence-electron chi connectivity index (χ4n) is 2.86. The third-order valence-electron chi connectivity index (χ3n) is 4.57. The normalized spacial score (nSPS) is 10.9. The van der Waals surface area contributed by atoms with Gasteiger partial charge >= 0.3 is 0 Å². The molecule has 0 spiro atoms. The van der Waals surface area contributed by atoms with Crippen molar-refractivity contribution in [1.82, 2.24) is 5.32 Å². The van der Waals surface area contributed by atoms with Gasteiger partial charge in [-0.3, -0.25) is 14.4 Å². The van der Waals surface area contributed by atoms with Crippen molar-refractivity contribution in [2.75, 3.05) is 17.2 Å². The highest BCUT2D eigenvalue weighted by atomic mass is 16.3. The molecule has 3 amide bonds. The summed E-state index contributed by atoms with van der Waals surface area (Å²) >= 11 is 0. The van der Waals surface area contributed by atoms with Crippen LogP contribution < -0.4 is 16.0 Å². The third-order valence-corrected chi connectivity index (χ3v) is 4.57. The van der Waals surface area contributed by atoms with Crippen LogP contribution in [0.1, 0.15) is 47.2 Å². The van der Waals surface area contributed by atoms with Crippen molar-refractivity contribution in [3.05, 3.63) is 83.8 Å². The minimum absolute atomic E-state index is 0.000850. The van der Waals surface area contributed by atoms with Crippen LogP contribution in [0.4, 0.5) is 11.4 Å². The lowest BCUT2D eigenvalue weighted by Crippen LogP contribution is -2.32. The van der Waals surface area contributed by atoms with Crippen molar-refractivity contribution in [2.45, 2.75) is 26.2 Å². The maximum Gasteiger partial charge on any atom is 0.291 e. The highest BCUT2D eigenvalue weighted by molar-refractivity contribution is 6.03. The molecule has 0 saturated heterocycles. The molecule has 1 heterocycles. The molecule has 7 heteroatoms. The van der Waals surface area contributed by atoms with E-state index in [1.54, 1.807) is 48.5 Å². The number of rotatable bonds is 6. The molecular formula is C24H25N3O4. The SMILES string of the molecule is CC(C)(C)c1ccc(C(=O)NCC(=O)Nc2cccc(NC(=O)c3ccco3)c2)cc1. The Kier molecular flexibility index (Phi) is 6.55. The fraction of sp³-hybridized carbons (Fsp3) is 0.208. The van der Waals surface area contributed by atoms with Crippen LogP contribution in [-0.2, 0) is 10.2 Å². The van der Waals surface area contributed by atoms with Gasteiger partial charge in [0.15, 0.2) is 5.76 Å². The molecule has 0 fully saturated rings. The van der Waals surface area contributed by atoms with E-state index in [0.29, 0.717) is 16.9 Å². The van der Waals surface area contributed by atoms with Gasteiger partial charge in [0.2, 0.25) is 5.91 Å². The molecule has 0 aliphatic heterocycles. The lowest BCUT2D eigenvalue weighted by atomic mass is 9.87. The molecule has 0 bridgehead atoms. The van der Waals surface area contributed by atoms with Crippen LogP contribution in [-0.4, -0.2) is 24.3 Å². The Bertz CT molecular complexity index is 1060. The summed E-state index contributed by atoms with van der Waals surface area (Å²) < 4.78 is 5.05. The Labute approximate surface area is 180 Å². The third kappa shape index (κ3) is 6.05. The molecule has 2 aromatic carbocycles. The summed E-state index contributed by atoms with van der Waals surface area (Å²) in [5, 5.41) is 8.00. The van der Waals surface area contributed by atoms with E-state index in [9.17, 15) is 14.4 Å². The first-order valence-electron chi connectivity index (χ1n) is 9.86. The van der Waals surface area contributed by atoms with E-state index in [1.807, 2.05) is 12.1 Å². The quantitative estimate of drug-likeness (QED) is 0.557. The van der Waals surface area contributed by atoms with Crippen molar-refractivity contribution in [1.29, 1.82) is 0 Å². The number of amides is 3. The van der Waals surface area contributed by atoms with Gasteiger partial charge in [-0.05, 0) is 53.4 Å². The second-order valence-corrected chi connectivity index (χ2v) is 8.07. The maximum absolute atomic E-state index is 12.3. The topological polar surface area (TPSA) is 100 Å². The van der Waals surface area contributed by atoms with Crippen LogP contribution >= 0.6 is 0 Å². The Morgan fingerprint density at radius 3 is 2.13 bits per heavy atom. The van der Waals surface area contributed by atoms with E-state index in [-0.39, 0.29) is 29.5 Å². The fourth-order valence-corrected chi connectivity index (χ4v) is 2.86. The van der Waals surface area contributed by atoms with Gasteiger partial charge in [0.25, 0.3) is 11.8 Å². The highest BCUT2D eigenvalue weighted by Gasteiger charge is 2.15. The smallest absolute Gasteiger partial charge is 0.291 e. The molecule has 0 unspecified atom stereocenters. The Balaban J connectivity index is 1.52. The first-order valence-corrected chi connectivity index (χ1v) is 9.86. The summed E-state index contributed by atoms with van der Waals surface area (Å²) in [6, 6.07) is 17.2. The molecule has 3 rings (SSSR count). The Morgan fingerprint density at radius 2 is 1.52 bits per heavy atom. The summed E-state index contributed by atoms with van der Waals surface area (Å²) in [5.74, 6) is -0.907. The molecule has 0 radical (unpaired) electrons. The molecular weight excluding hydrogens is 394 g/mol. The zero-order valence-corrected chi connectivity index (χ0v) is 17.7. The van der Waals surface area contributed by atoms with Crippen LogP contribution in [0, 0.1) is 0 Å². The van der Waals surface area contributed by atoms with Crippen LogP contribution in [0.3, 0.4) is 0 Å². The number of benzene rings is 2. The zero-order valence-electron chi connectivity index (χ0n) is 17.7. The van der Waals surface area contributed by atoms with Crippen LogP contribution in [0.15, 0.2) is 71.3 Å². The molecule has 0 aliphatic carbocycles.